The molecule has 1 aromatic rings. The second kappa shape index (κ2) is 7.11. The molecule has 0 unspecified atom stereocenters. The molecule has 0 bridgehead atoms. The molecule has 5 nitrogen and oxygen atoms in total. The minimum absolute atomic E-state index is 0.0109. The highest BCUT2D eigenvalue weighted by Gasteiger charge is 2.11. The van der Waals surface area contributed by atoms with Gasteiger partial charge in [0, 0.05) is 6.61 Å². The highest BCUT2D eigenvalue weighted by molar-refractivity contribution is 14.1. The van der Waals surface area contributed by atoms with Gasteiger partial charge in [0.1, 0.15) is 0 Å². The summed E-state index contributed by atoms with van der Waals surface area (Å²) in [7, 11) is 0. The lowest BCUT2D eigenvalue weighted by Gasteiger charge is -2.09. The van der Waals surface area contributed by atoms with E-state index in [1.165, 1.54) is 51.2 Å². The molecule has 1 N–H and O–H groups in total. The van der Waals surface area contributed by atoms with E-state index in [1.54, 1.807) is 12.1 Å². The first-order valence-electron chi connectivity index (χ1n) is 4.51. The van der Waals surface area contributed by atoms with Crippen molar-refractivity contribution in [2.45, 2.75) is 6.42 Å². The van der Waals surface area contributed by atoms with E-state index in [1.807, 2.05) is 0 Å². The van der Waals surface area contributed by atoms with Gasteiger partial charge in [-0.1, -0.05) is 6.07 Å². The molecule has 0 atom stereocenters. The van der Waals surface area contributed by atoms with Gasteiger partial charge in [-0.3, -0.25) is 0 Å². The molecule has 0 radical (unpaired) electrons. The molecular formula is C10H8I2O5. The summed E-state index contributed by atoms with van der Waals surface area (Å²) in [6.07, 6.45) is 0.435. The number of carbonyl (C=O) groups is 2. The molecule has 7 heteroatoms. The highest BCUT2D eigenvalue weighted by atomic mass is 127. The average Bonchev–Trinajstić information content (AvgIpc) is 2.21. The van der Waals surface area contributed by atoms with E-state index >= 15 is 0 Å². The van der Waals surface area contributed by atoms with Crippen molar-refractivity contribution in [3.63, 3.8) is 0 Å². The van der Waals surface area contributed by atoms with Gasteiger partial charge >= 0.3 is 7.95 Å². The standard InChI is InChI=1S/C10H8I2O5/c11-9(14)16-7-2-1-6(3-4-13)5-8(7)17-10(12)15/h1-2,5,13H,3-4H2. The third-order valence-electron chi connectivity index (χ3n) is 1.79. The molecule has 0 saturated carbocycles. The molecule has 0 aliphatic heterocycles. The van der Waals surface area contributed by atoms with Crippen molar-refractivity contribution >= 4 is 53.1 Å². The second-order valence-electron chi connectivity index (χ2n) is 2.93. The fraction of sp³-hybridized carbons (Fsp3) is 0.200. The number of hydrogen-bond donors (Lipinski definition) is 1. The van der Waals surface area contributed by atoms with Crippen molar-refractivity contribution in [2.24, 2.45) is 0 Å². The highest BCUT2D eigenvalue weighted by Crippen LogP contribution is 2.30. The van der Waals surface area contributed by atoms with Crippen LogP contribution in [0.15, 0.2) is 18.2 Å². The second-order valence-corrected chi connectivity index (χ2v) is 4.70. The number of hydrogen-bond acceptors (Lipinski definition) is 5. The molecule has 1 rings (SSSR count). The number of halogens is 2. The van der Waals surface area contributed by atoms with Gasteiger partial charge in [-0.25, -0.2) is 9.59 Å². The Labute approximate surface area is 125 Å². The minimum Gasteiger partial charge on any atom is -0.415 e. The van der Waals surface area contributed by atoms with Gasteiger partial charge in [-0.05, 0) is 24.1 Å². The summed E-state index contributed by atoms with van der Waals surface area (Å²) in [5, 5.41) is 8.81. The summed E-state index contributed by atoms with van der Waals surface area (Å²) in [6.45, 7) is -0.0109. The average molecular weight is 462 g/mol. The first kappa shape index (κ1) is 14.6. The third kappa shape index (κ3) is 5.17. The van der Waals surface area contributed by atoms with Crippen molar-refractivity contribution in [3.05, 3.63) is 23.8 Å². The minimum atomic E-state index is -0.533. The third-order valence-corrected chi connectivity index (χ3v) is 2.23. The molecular weight excluding hydrogens is 454 g/mol. The zero-order valence-corrected chi connectivity index (χ0v) is 12.8. The zero-order valence-electron chi connectivity index (χ0n) is 8.48. The largest absolute Gasteiger partial charge is 0.415 e. The van der Waals surface area contributed by atoms with E-state index in [4.69, 9.17) is 14.6 Å². The Morgan fingerprint density at radius 1 is 1.12 bits per heavy atom. The number of rotatable bonds is 4. The quantitative estimate of drug-likeness (QED) is 0.551. The van der Waals surface area contributed by atoms with E-state index in [-0.39, 0.29) is 18.1 Å². The number of ether oxygens (including phenoxy) is 2. The smallest absolute Gasteiger partial charge is 0.372 e. The zero-order chi connectivity index (χ0) is 12.8. The maximum Gasteiger partial charge on any atom is 0.372 e. The first-order valence-corrected chi connectivity index (χ1v) is 6.67. The lowest BCUT2D eigenvalue weighted by molar-refractivity contribution is 0.220. The van der Waals surface area contributed by atoms with Crippen LogP contribution in [0, 0.1) is 0 Å². The summed E-state index contributed by atoms with van der Waals surface area (Å²) < 4.78 is 8.75. The van der Waals surface area contributed by atoms with E-state index in [9.17, 15) is 9.59 Å². The van der Waals surface area contributed by atoms with Crippen LogP contribution in [0.25, 0.3) is 0 Å². The fourth-order valence-electron chi connectivity index (χ4n) is 1.17. The Kier molecular flexibility index (Phi) is 6.12. The van der Waals surface area contributed by atoms with Crippen LogP contribution < -0.4 is 9.47 Å². The fourth-order valence-corrected chi connectivity index (χ4v) is 1.65. The van der Waals surface area contributed by atoms with Crippen LogP contribution in [0.5, 0.6) is 11.5 Å². The maximum absolute atomic E-state index is 10.9. The van der Waals surface area contributed by atoms with Crippen molar-refractivity contribution in [3.8, 4) is 11.5 Å². The van der Waals surface area contributed by atoms with Crippen LogP contribution in [0.2, 0.25) is 0 Å². The Balaban J connectivity index is 3.02. The Bertz CT molecular complexity index is 433. The van der Waals surface area contributed by atoms with Crippen LogP contribution in [-0.2, 0) is 6.42 Å². The molecule has 0 aliphatic carbocycles. The van der Waals surface area contributed by atoms with E-state index in [0.717, 1.165) is 5.56 Å². The van der Waals surface area contributed by atoms with Gasteiger partial charge in [-0.15, -0.1) is 0 Å². The predicted octanol–water partition coefficient (Wildman–Crippen LogP) is 3.09. The number of carbonyl (C=O) groups excluding carboxylic acids is 2. The van der Waals surface area contributed by atoms with Crippen molar-refractivity contribution < 1.29 is 24.2 Å². The molecule has 92 valence electrons. The normalized spacial score (nSPS) is 9.82. The van der Waals surface area contributed by atoms with E-state index < -0.39 is 7.95 Å². The summed E-state index contributed by atoms with van der Waals surface area (Å²) in [6, 6.07) is 4.77. The van der Waals surface area contributed by atoms with Gasteiger partial charge in [0.2, 0.25) is 0 Å². The van der Waals surface area contributed by atoms with Gasteiger partial charge in [-0.2, -0.15) is 0 Å². The Morgan fingerprint density at radius 3 is 2.24 bits per heavy atom. The van der Waals surface area contributed by atoms with Crippen LogP contribution in [0.4, 0.5) is 9.59 Å². The molecule has 0 spiro atoms. The molecule has 0 amide bonds. The van der Waals surface area contributed by atoms with Gasteiger partial charge in [0.25, 0.3) is 0 Å². The van der Waals surface area contributed by atoms with Crippen LogP contribution >= 0.6 is 45.2 Å². The first-order chi connectivity index (χ1) is 8.02. The molecule has 0 aliphatic rings. The lowest BCUT2D eigenvalue weighted by Crippen LogP contribution is -2.03. The number of benzene rings is 1. The Hall–Kier alpha value is -0.420. The predicted molar refractivity (Wildman–Crippen MR) is 77.3 cm³/mol. The lowest BCUT2D eigenvalue weighted by atomic mass is 10.1. The number of aliphatic hydroxyl groups excluding tert-OH is 1. The monoisotopic (exact) mass is 462 g/mol. The van der Waals surface area contributed by atoms with Gasteiger partial charge in [0.05, 0.1) is 45.2 Å². The van der Waals surface area contributed by atoms with Gasteiger partial charge in [0.15, 0.2) is 11.5 Å². The number of aliphatic hydroxyl groups is 1. The van der Waals surface area contributed by atoms with Crippen LogP contribution in [-0.4, -0.2) is 19.7 Å². The maximum atomic E-state index is 10.9. The van der Waals surface area contributed by atoms with Crippen molar-refractivity contribution in [1.82, 2.24) is 0 Å². The van der Waals surface area contributed by atoms with E-state index in [0.29, 0.717) is 6.42 Å². The SMILES string of the molecule is O=C(I)Oc1ccc(CCO)cc1OC(=O)I. The molecule has 17 heavy (non-hydrogen) atoms. The molecule has 1 aromatic carbocycles. The molecule has 0 aromatic heterocycles. The van der Waals surface area contributed by atoms with Gasteiger partial charge < -0.3 is 14.6 Å². The summed E-state index contributed by atoms with van der Waals surface area (Å²) >= 11 is 2.95. The summed E-state index contributed by atoms with van der Waals surface area (Å²) in [4.78, 5) is 21.7. The van der Waals surface area contributed by atoms with Crippen LogP contribution in [0.1, 0.15) is 5.56 Å². The molecule has 0 heterocycles. The van der Waals surface area contributed by atoms with E-state index in [2.05, 4.69) is 0 Å². The van der Waals surface area contributed by atoms with Crippen LogP contribution in [0.3, 0.4) is 0 Å². The summed E-state index contributed by atoms with van der Waals surface area (Å²) in [5.41, 5.74) is 0.786. The molecule has 0 fully saturated rings. The van der Waals surface area contributed by atoms with Crippen molar-refractivity contribution in [2.75, 3.05) is 6.61 Å². The molecule has 0 saturated heterocycles. The Morgan fingerprint density at radius 2 is 1.71 bits per heavy atom. The summed E-state index contributed by atoms with van der Waals surface area (Å²) in [5.74, 6) is 0.344. The van der Waals surface area contributed by atoms with Crippen molar-refractivity contribution in [1.29, 1.82) is 0 Å². The topological polar surface area (TPSA) is 72.8 Å².